The van der Waals surface area contributed by atoms with Crippen LogP contribution in [0.3, 0.4) is 0 Å². The predicted molar refractivity (Wildman–Crippen MR) is 120 cm³/mol. The van der Waals surface area contributed by atoms with Crippen LogP contribution in [0.25, 0.3) is 0 Å². The van der Waals surface area contributed by atoms with Crippen LogP contribution in [0.4, 0.5) is 0 Å². The number of amides is 2. The van der Waals surface area contributed by atoms with Crippen LogP contribution in [-0.4, -0.2) is 36.5 Å². The summed E-state index contributed by atoms with van der Waals surface area (Å²) in [4.78, 5) is 28.0. The van der Waals surface area contributed by atoms with Gasteiger partial charge in [-0.25, -0.2) is 0 Å². The second kappa shape index (κ2) is 12.4. The van der Waals surface area contributed by atoms with Crippen molar-refractivity contribution in [3.63, 3.8) is 0 Å². The van der Waals surface area contributed by atoms with Gasteiger partial charge in [-0.05, 0) is 36.6 Å². The molecule has 0 aromatic heterocycles. The number of hydrogen-bond acceptors (Lipinski definition) is 3. The first-order valence-corrected chi connectivity index (χ1v) is 10.8. The average molecular weight is 431 g/mol. The van der Waals surface area contributed by atoms with E-state index in [1.165, 1.54) is 0 Å². The first-order valence-electron chi connectivity index (χ1n) is 10.4. The molecule has 1 N–H and O–H groups in total. The minimum absolute atomic E-state index is 0.0803. The number of hydrogen-bond donors (Lipinski definition) is 1. The second-order valence-electron chi connectivity index (χ2n) is 7.40. The summed E-state index contributed by atoms with van der Waals surface area (Å²) in [6.07, 6.45) is 0.719. The highest BCUT2D eigenvalue weighted by molar-refractivity contribution is 6.30. The van der Waals surface area contributed by atoms with E-state index in [0.717, 1.165) is 17.5 Å². The van der Waals surface area contributed by atoms with E-state index in [4.69, 9.17) is 16.3 Å². The van der Waals surface area contributed by atoms with Gasteiger partial charge in [-0.15, -0.1) is 0 Å². The van der Waals surface area contributed by atoms with Crippen molar-refractivity contribution in [3.8, 4) is 0 Å². The molecule has 162 valence electrons. The fourth-order valence-corrected chi connectivity index (χ4v) is 3.28. The summed E-state index contributed by atoms with van der Waals surface area (Å²) < 4.78 is 5.34. The third-order valence-corrected chi connectivity index (χ3v) is 4.94. The molecule has 0 heterocycles. The molecular weight excluding hydrogens is 400 g/mol. The van der Waals surface area contributed by atoms with Crippen LogP contribution in [-0.2, 0) is 20.9 Å². The SMILES string of the molecule is CCOCCCNC(=O)C(c1ccccc1)N(Cc1ccc(Cl)cc1)C(=O)C(C)C. The highest BCUT2D eigenvalue weighted by atomic mass is 35.5. The molecule has 6 heteroatoms. The Morgan fingerprint density at radius 3 is 2.33 bits per heavy atom. The van der Waals surface area contributed by atoms with Gasteiger partial charge in [-0.2, -0.15) is 0 Å². The molecule has 0 saturated heterocycles. The molecule has 0 aliphatic rings. The highest BCUT2D eigenvalue weighted by Crippen LogP contribution is 2.26. The average Bonchev–Trinajstić information content (AvgIpc) is 2.74. The third-order valence-electron chi connectivity index (χ3n) is 4.69. The number of rotatable bonds is 11. The van der Waals surface area contributed by atoms with Crippen LogP contribution >= 0.6 is 11.6 Å². The highest BCUT2D eigenvalue weighted by Gasteiger charge is 2.32. The van der Waals surface area contributed by atoms with E-state index in [2.05, 4.69) is 5.32 Å². The Bertz CT molecular complexity index is 794. The van der Waals surface area contributed by atoms with Gasteiger partial charge >= 0.3 is 0 Å². The van der Waals surface area contributed by atoms with Gasteiger partial charge in [0.25, 0.3) is 0 Å². The molecule has 0 aliphatic carbocycles. The summed E-state index contributed by atoms with van der Waals surface area (Å²) in [6, 6.07) is 16.0. The number of benzene rings is 2. The molecule has 2 rings (SSSR count). The van der Waals surface area contributed by atoms with Gasteiger partial charge in [0.15, 0.2) is 0 Å². The molecule has 2 aromatic rings. The van der Waals surface area contributed by atoms with E-state index in [0.29, 0.717) is 31.3 Å². The molecule has 5 nitrogen and oxygen atoms in total. The zero-order valence-electron chi connectivity index (χ0n) is 17.9. The fraction of sp³-hybridized carbons (Fsp3) is 0.417. The van der Waals surface area contributed by atoms with Crippen molar-refractivity contribution in [1.82, 2.24) is 10.2 Å². The molecule has 0 aliphatic heterocycles. The lowest BCUT2D eigenvalue weighted by Gasteiger charge is -2.33. The monoisotopic (exact) mass is 430 g/mol. The number of ether oxygens (including phenoxy) is 1. The normalized spacial score (nSPS) is 11.9. The number of carbonyl (C=O) groups is 2. The summed E-state index contributed by atoms with van der Waals surface area (Å²) in [5.74, 6) is -0.516. The van der Waals surface area contributed by atoms with Crippen molar-refractivity contribution in [2.45, 2.75) is 39.8 Å². The predicted octanol–water partition coefficient (Wildman–Crippen LogP) is 4.61. The van der Waals surface area contributed by atoms with Crippen LogP contribution in [0.15, 0.2) is 54.6 Å². The molecule has 2 amide bonds. The molecule has 0 saturated carbocycles. The van der Waals surface area contributed by atoms with E-state index < -0.39 is 6.04 Å². The topological polar surface area (TPSA) is 58.6 Å². The van der Waals surface area contributed by atoms with Crippen LogP contribution in [0.1, 0.15) is 44.4 Å². The Balaban J connectivity index is 2.30. The summed E-state index contributed by atoms with van der Waals surface area (Å²) in [7, 11) is 0. The standard InChI is InChI=1S/C24H31ClN2O3/c1-4-30-16-8-15-26-23(28)22(20-9-6-5-7-10-20)27(24(29)18(2)3)17-19-11-13-21(25)14-12-19/h5-7,9-14,18,22H,4,8,15-17H2,1-3H3,(H,26,28). The minimum atomic E-state index is -0.719. The first-order chi connectivity index (χ1) is 14.4. The molecule has 1 atom stereocenters. The number of nitrogens with one attached hydrogen (secondary N) is 1. The lowest BCUT2D eigenvalue weighted by Crippen LogP contribution is -2.45. The maximum atomic E-state index is 13.2. The first kappa shape index (κ1) is 23.9. The van der Waals surface area contributed by atoms with Gasteiger partial charge in [0.1, 0.15) is 6.04 Å². The molecule has 0 spiro atoms. The molecule has 30 heavy (non-hydrogen) atoms. The Morgan fingerprint density at radius 1 is 1.07 bits per heavy atom. The van der Waals surface area contributed by atoms with Gasteiger partial charge in [0, 0.05) is 37.2 Å². The van der Waals surface area contributed by atoms with E-state index in [1.54, 1.807) is 17.0 Å². The van der Waals surface area contributed by atoms with Crippen LogP contribution in [0.5, 0.6) is 0 Å². The Labute approximate surface area is 184 Å². The maximum Gasteiger partial charge on any atom is 0.247 e. The molecule has 0 radical (unpaired) electrons. The Hall–Kier alpha value is -2.37. The van der Waals surface area contributed by atoms with E-state index in [-0.39, 0.29) is 17.7 Å². The molecule has 0 fully saturated rings. The quantitative estimate of drug-likeness (QED) is 0.529. The summed E-state index contributed by atoms with van der Waals surface area (Å²) >= 11 is 6.01. The Kier molecular flexibility index (Phi) is 9.84. The van der Waals surface area contributed by atoms with Crippen molar-refractivity contribution in [3.05, 3.63) is 70.7 Å². The van der Waals surface area contributed by atoms with Crippen molar-refractivity contribution in [2.24, 2.45) is 5.92 Å². The van der Waals surface area contributed by atoms with E-state index in [9.17, 15) is 9.59 Å². The van der Waals surface area contributed by atoms with Crippen molar-refractivity contribution in [1.29, 1.82) is 0 Å². The summed E-state index contributed by atoms with van der Waals surface area (Å²) in [6.45, 7) is 7.69. The number of halogens is 1. The van der Waals surface area contributed by atoms with E-state index in [1.807, 2.05) is 63.2 Å². The van der Waals surface area contributed by atoms with Crippen molar-refractivity contribution >= 4 is 23.4 Å². The van der Waals surface area contributed by atoms with Gasteiger partial charge in [0.05, 0.1) is 0 Å². The van der Waals surface area contributed by atoms with Gasteiger partial charge < -0.3 is 15.0 Å². The molecule has 0 bridgehead atoms. The van der Waals surface area contributed by atoms with Crippen molar-refractivity contribution in [2.75, 3.05) is 19.8 Å². The zero-order valence-corrected chi connectivity index (χ0v) is 18.7. The largest absolute Gasteiger partial charge is 0.382 e. The maximum absolute atomic E-state index is 13.2. The minimum Gasteiger partial charge on any atom is -0.382 e. The smallest absolute Gasteiger partial charge is 0.247 e. The number of nitrogens with zero attached hydrogens (tertiary/aromatic N) is 1. The van der Waals surface area contributed by atoms with Crippen LogP contribution in [0.2, 0.25) is 5.02 Å². The summed E-state index contributed by atoms with van der Waals surface area (Å²) in [5.41, 5.74) is 1.70. The lowest BCUT2D eigenvalue weighted by molar-refractivity contribution is -0.144. The molecule has 1 unspecified atom stereocenters. The fourth-order valence-electron chi connectivity index (χ4n) is 3.15. The number of carbonyl (C=O) groups excluding carboxylic acids is 2. The third kappa shape index (κ3) is 7.15. The lowest BCUT2D eigenvalue weighted by atomic mass is 10.0. The zero-order chi connectivity index (χ0) is 21.9. The van der Waals surface area contributed by atoms with Crippen molar-refractivity contribution < 1.29 is 14.3 Å². The summed E-state index contributed by atoms with van der Waals surface area (Å²) in [5, 5.41) is 3.61. The molecular formula is C24H31ClN2O3. The van der Waals surface area contributed by atoms with E-state index >= 15 is 0 Å². The second-order valence-corrected chi connectivity index (χ2v) is 7.84. The van der Waals surface area contributed by atoms with Gasteiger partial charge in [0.2, 0.25) is 11.8 Å². The van der Waals surface area contributed by atoms with Crippen LogP contribution in [0, 0.1) is 5.92 Å². The molecule has 2 aromatic carbocycles. The van der Waals surface area contributed by atoms with Crippen LogP contribution < -0.4 is 5.32 Å². The van der Waals surface area contributed by atoms with Gasteiger partial charge in [-0.3, -0.25) is 9.59 Å². The Morgan fingerprint density at radius 2 is 1.73 bits per heavy atom. The van der Waals surface area contributed by atoms with Gasteiger partial charge in [-0.1, -0.05) is 67.9 Å².